The summed E-state index contributed by atoms with van der Waals surface area (Å²) in [7, 11) is 0. The Morgan fingerprint density at radius 3 is 2.50 bits per heavy atom. The highest BCUT2D eigenvalue weighted by Gasteiger charge is 2.16. The number of benzene rings is 2. The number of fused-ring (bicyclic) bond motifs is 1. The molecule has 0 fully saturated rings. The van der Waals surface area contributed by atoms with E-state index in [1.165, 1.54) is 0 Å². The molecule has 0 saturated heterocycles. The summed E-state index contributed by atoms with van der Waals surface area (Å²) in [5.74, 6) is -0.0642. The van der Waals surface area contributed by atoms with Gasteiger partial charge in [0, 0.05) is 23.7 Å². The van der Waals surface area contributed by atoms with Crippen LogP contribution in [0.2, 0.25) is 0 Å². The van der Waals surface area contributed by atoms with Gasteiger partial charge in [0.05, 0.1) is 12.6 Å². The van der Waals surface area contributed by atoms with Gasteiger partial charge in [-0.05, 0) is 32.2 Å². The lowest BCUT2D eigenvalue weighted by Gasteiger charge is -2.27. The number of hydrogen-bond acceptors (Lipinski definition) is 3. The van der Waals surface area contributed by atoms with Gasteiger partial charge in [-0.1, -0.05) is 36.4 Å². The molecule has 4 nitrogen and oxygen atoms in total. The molecule has 1 amide bonds. The van der Waals surface area contributed by atoms with Gasteiger partial charge < -0.3 is 10.4 Å². The number of amides is 1. The summed E-state index contributed by atoms with van der Waals surface area (Å²) >= 11 is 0. The lowest BCUT2D eigenvalue weighted by molar-refractivity contribution is -0.118. The van der Waals surface area contributed by atoms with Crippen molar-refractivity contribution >= 4 is 22.4 Å². The van der Waals surface area contributed by atoms with E-state index in [9.17, 15) is 9.90 Å². The molecule has 118 valence electrons. The molecule has 1 atom stereocenters. The average Bonchev–Trinajstić information content (AvgIpc) is 2.46. The third-order valence-electron chi connectivity index (χ3n) is 3.64. The summed E-state index contributed by atoms with van der Waals surface area (Å²) in [6.45, 7) is 6.53. The Labute approximate surface area is 131 Å². The van der Waals surface area contributed by atoms with Gasteiger partial charge in [0.1, 0.15) is 0 Å². The van der Waals surface area contributed by atoms with Gasteiger partial charge >= 0.3 is 0 Å². The SMILES string of the molecule is CC(O)CN(CC(=O)Nc1cccc2ccccc12)C(C)C. The quantitative estimate of drug-likeness (QED) is 0.862. The van der Waals surface area contributed by atoms with Crippen LogP contribution < -0.4 is 5.32 Å². The number of nitrogens with zero attached hydrogens (tertiary/aromatic N) is 1. The predicted octanol–water partition coefficient (Wildman–Crippen LogP) is 2.87. The molecule has 1 unspecified atom stereocenters. The zero-order valence-electron chi connectivity index (χ0n) is 13.4. The normalized spacial score (nSPS) is 12.8. The maximum atomic E-state index is 12.3. The Morgan fingerprint density at radius 2 is 1.82 bits per heavy atom. The molecular formula is C18H24N2O2. The summed E-state index contributed by atoms with van der Waals surface area (Å²) in [6, 6.07) is 14.1. The van der Waals surface area contributed by atoms with Gasteiger partial charge in [0.15, 0.2) is 0 Å². The predicted molar refractivity (Wildman–Crippen MR) is 91.0 cm³/mol. The molecule has 0 aliphatic heterocycles. The molecule has 0 saturated carbocycles. The first kappa shape index (κ1) is 16.5. The smallest absolute Gasteiger partial charge is 0.238 e. The fraction of sp³-hybridized carbons (Fsp3) is 0.389. The largest absolute Gasteiger partial charge is 0.392 e. The van der Waals surface area contributed by atoms with Crippen LogP contribution in [0.4, 0.5) is 5.69 Å². The minimum atomic E-state index is -0.451. The Morgan fingerprint density at radius 1 is 1.14 bits per heavy atom. The van der Waals surface area contributed by atoms with Crippen molar-refractivity contribution in [3.63, 3.8) is 0 Å². The zero-order chi connectivity index (χ0) is 16.1. The first-order chi connectivity index (χ1) is 10.5. The molecule has 0 aliphatic rings. The van der Waals surface area contributed by atoms with Crippen LogP contribution >= 0.6 is 0 Å². The van der Waals surface area contributed by atoms with E-state index in [-0.39, 0.29) is 18.5 Å². The van der Waals surface area contributed by atoms with Crippen LogP contribution in [-0.4, -0.2) is 41.1 Å². The van der Waals surface area contributed by atoms with Crippen LogP contribution in [0.5, 0.6) is 0 Å². The lowest BCUT2D eigenvalue weighted by atomic mass is 10.1. The van der Waals surface area contributed by atoms with Gasteiger partial charge in [-0.3, -0.25) is 9.69 Å². The lowest BCUT2D eigenvalue weighted by Crippen LogP contribution is -2.41. The first-order valence-corrected chi connectivity index (χ1v) is 7.67. The molecule has 0 bridgehead atoms. The van der Waals surface area contributed by atoms with Gasteiger partial charge in [0.25, 0.3) is 0 Å². The molecule has 0 radical (unpaired) electrons. The maximum Gasteiger partial charge on any atom is 0.238 e. The molecule has 0 aromatic heterocycles. The number of rotatable bonds is 6. The van der Waals surface area contributed by atoms with E-state index in [1.54, 1.807) is 6.92 Å². The van der Waals surface area contributed by atoms with Crippen LogP contribution in [-0.2, 0) is 4.79 Å². The fourth-order valence-corrected chi connectivity index (χ4v) is 2.51. The van der Waals surface area contributed by atoms with Crippen LogP contribution in [0.3, 0.4) is 0 Å². The van der Waals surface area contributed by atoms with E-state index in [0.717, 1.165) is 16.5 Å². The third-order valence-corrected chi connectivity index (χ3v) is 3.64. The molecule has 0 aliphatic carbocycles. The van der Waals surface area contributed by atoms with Gasteiger partial charge in [0.2, 0.25) is 5.91 Å². The summed E-state index contributed by atoms with van der Waals surface area (Å²) in [6.07, 6.45) is -0.451. The van der Waals surface area contributed by atoms with Crippen molar-refractivity contribution in [3.8, 4) is 0 Å². The minimum absolute atomic E-state index is 0.0642. The Kier molecular flexibility index (Phi) is 5.52. The highest BCUT2D eigenvalue weighted by molar-refractivity contribution is 6.02. The molecule has 0 spiro atoms. The van der Waals surface area contributed by atoms with E-state index in [4.69, 9.17) is 0 Å². The topological polar surface area (TPSA) is 52.6 Å². The number of carbonyl (C=O) groups is 1. The molecule has 2 aromatic rings. The van der Waals surface area contributed by atoms with Gasteiger partial charge in [-0.15, -0.1) is 0 Å². The summed E-state index contributed by atoms with van der Waals surface area (Å²) in [5.41, 5.74) is 0.823. The molecule has 2 rings (SSSR count). The fourth-order valence-electron chi connectivity index (χ4n) is 2.51. The zero-order valence-corrected chi connectivity index (χ0v) is 13.4. The first-order valence-electron chi connectivity index (χ1n) is 7.67. The molecule has 2 aromatic carbocycles. The summed E-state index contributed by atoms with van der Waals surface area (Å²) in [5, 5.41) is 14.7. The van der Waals surface area contributed by atoms with Gasteiger partial charge in [-0.25, -0.2) is 0 Å². The van der Waals surface area contributed by atoms with Crippen molar-refractivity contribution in [1.29, 1.82) is 0 Å². The second kappa shape index (κ2) is 7.38. The second-order valence-electron chi connectivity index (χ2n) is 5.95. The molecule has 2 N–H and O–H groups in total. The highest BCUT2D eigenvalue weighted by Crippen LogP contribution is 2.22. The van der Waals surface area contributed by atoms with Crippen LogP contribution in [0.1, 0.15) is 20.8 Å². The van der Waals surface area contributed by atoms with E-state index in [0.29, 0.717) is 6.54 Å². The molecular weight excluding hydrogens is 276 g/mol. The maximum absolute atomic E-state index is 12.3. The van der Waals surface area contributed by atoms with E-state index in [2.05, 4.69) is 5.32 Å². The third kappa shape index (κ3) is 4.29. The van der Waals surface area contributed by atoms with Crippen LogP contribution in [0, 0.1) is 0 Å². The Hall–Kier alpha value is -1.91. The average molecular weight is 300 g/mol. The van der Waals surface area contributed by atoms with E-state index < -0.39 is 6.10 Å². The molecule has 22 heavy (non-hydrogen) atoms. The number of aliphatic hydroxyl groups excluding tert-OH is 1. The monoisotopic (exact) mass is 300 g/mol. The van der Waals surface area contributed by atoms with Crippen molar-refractivity contribution in [1.82, 2.24) is 4.90 Å². The highest BCUT2D eigenvalue weighted by atomic mass is 16.3. The number of anilines is 1. The van der Waals surface area contributed by atoms with Crippen LogP contribution in [0.15, 0.2) is 42.5 Å². The summed E-state index contributed by atoms with van der Waals surface area (Å²) < 4.78 is 0. The molecule has 0 heterocycles. The van der Waals surface area contributed by atoms with Crippen molar-refractivity contribution in [2.75, 3.05) is 18.4 Å². The summed E-state index contributed by atoms with van der Waals surface area (Å²) in [4.78, 5) is 14.3. The van der Waals surface area contributed by atoms with E-state index >= 15 is 0 Å². The number of carbonyl (C=O) groups excluding carboxylic acids is 1. The van der Waals surface area contributed by atoms with Crippen molar-refractivity contribution in [3.05, 3.63) is 42.5 Å². The van der Waals surface area contributed by atoms with Crippen molar-refractivity contribution in [2.24, 2.45) is 0 Å². The standard InChI is InChI=1S/C18H24N2O2/c1-13(2)20(11-14(3)21)12-18(22)19-17-10-6-8-15-7-4-5-9-16(15)17/h4-10,13-14,21H,11-12H2,1-3H3,(H,19,22). The number of aliphatic hydroxyl groups is 1. The Balaban J connectivity index is 2.10. The molecule has 4 heteroatoms. The van der Waals surface area contributed by atoms with Crippen molar-refractivity contribution < 1.29 is 9.90 Å². The number of hydrogen-bond donors (Lipinski definition) is 2. The van der Waals surface area contributed by atoms with Crippen molar-refractivity contribution in [2.45, 2.75) is 32.9 Å². The van der Waals surface area contributed by atoms with E-state index in [1.807, 2.05) is 61.2 Å². The number of nitrogens with one attached hydrogen (secondary N) is 1. The van der Waals surface area contributed by atoms with Crippen LogP contribution in [0.25, 0.3) is 10.8 Å². The second-order valence-corrected chi connectivity index (χ2v) is 5.95. The minimum Gasteiger partial charge on any atom is -0.392 e. The Bertz CT molecular complexity index is 633. The van der Waals surface area contributed by atoms with Gasteiger partial charge in [-0.2, -0.15) is 0 Å².